The van der Waals surface area contributed by atoms with Gasteiger partial charge in [0.05, 0.1) is 6.61 Å². The number of anilines is 1. The highest BCUT2D eigenvalue weighted by atomic mass is 16.5. The number of nitrogens with one attached hydrogen (secondary N) is 1. The number of aromatic nitrogens is 1. The molecule has 32 heavy (non-hydrogen) atoms. The number of pyridine rings is 1. The summed E-state index contributed by atoms with van der Waals surface area (Å²) in [4.78, 5) is 44.3. The second kappa shape index (κ2) is 11.2. The number of piperidine rings is 1. The van der Waals surface area contributed by atoms with Gasteiger partial charge >= 0.3 is 12.1 Å². The van der Waals surface area contributed by atoms with E-state index in [4.69, 9.17) is 4.74 Å². The average Bonchev–Trinajstić information content (AvgIpc) is 3.21. The van der Waals surface area contributed by atoms with E-state index in [0.29, 0.717) is 6.54 Å². The van der Waals surface area contributed by atoms with Gasteiger partial charge in [-0.15, -0.1) is 0 Å². The summed E-state index contributed by atoms with van der Waals surface area (Å²) in [5.74, 6) is -1.21. The molecule has 1 spiro atoms. The summed E-state index contributed by atoms with van der Waals surface area (Å²) in [6.45, 7) is 5.56. The zero-order valence-electron chi connectivity index (χ0n) is 18.8. The minimum atomic E-state index is -1.16. The number of nitrogens with zero attached hydrogens (tertiary/aromatic N) is 3. The van der Waals surface area contributed by atoms with Gasteiger partial charge in [-0.3, -0.25) is 9.78 Å². The number of rotatable bonds is 9. The van der Waals surface area contributed by atoms with E-state index in [9.17, 15) is 19.5 Å². The summed E-state index contributed by atoms with van der Waals surface area (Å²) in [5, 5.41) is 11.7. The Morgan fingerprint density at radius 1 is 1.19 bits per heavy atom. The third kappa shape index (κ3) is 6.34. The van der Waals surface area contributed by atoms with Crippen LogP contribution in [-0.2, 0) is 14.3 Å². The van der Waals surface area contributed by atoms with Crippen LogP contribution in [0.1, 0.15) is 51.9 Å². The first kappa shape index (κ1) is 23.8. The lowest BCUT2D eigenvalue weighted by molar-refractivity contribution is -0.139. The van der Waals surface area contributed by atoms with E-state index in [0.717, 1.165) is 51.7 Å². The van der Waals surface area contributed by atoms with Gasteiger partial charge in [0.1, 0.15) is 6.04 Å². The van der Waals surface area contributed by atoms with Crippen LogP contribution in [0.2, 0.25) is 0 Å². The lowest BCUT2D eigenvalue weighted by atomic mass is 9.77. The summed E-state index contributed by atoms with van der Waals surface area (Å²) in [5.41, 5.74) is 1.33. The normalized spacial score (nSPS) is 18.4. The second-order valence-electron chi connectivity index (χ2n) is 8.82. The van der Waals surface area contributed by atoms with Gasteiger partial charge in [0.15, 0.2) is 0 Å². The third-order valence-corrected chi connectivity index (χ3v) is 6.61. The molecule has 9 nitrogen and oxygen atoms in total. The maximum atomic E-state index is 12.8. The molecular weight excluding hydrogens is 412 g/mol. The zero-order valence-corrected chi connectivity index (χ0v) is 18.8. The van der Waals surface area contributed by atoms with Crippen LogP contribution in [0.5, 0.6) is 0 Å². The SMILES string of the molecule is CCCCOC(=O)N[C@@H](CCC(=O)N1CCC2(CCN(c3ccncc3)CC2)C1)C(=O)O. The van der Waals surface area contributed by atoms with Crippen molar-refractivity contribution in [2.75, 3.05) is 37.7 Å². The van der Waals surface area contributed by atoms with Crippen molar-refractivity contribution in [2.45, 2.75) is 57.9 Å². The Hall–Kier alpha value is -2.84. The zero-order chi connectivity index (χ0) is 23.0. The molecule has 3 heterocycles. The summed E-state index contributed by atoms with van der Waals surface area (Å²) >= 11 is 0. The molecule has 1 aromatic rings. The summed E-state index contributed by atoms with van der Waals surface area (Å²) in [7, 11) is 0. The Balaban J connectivity index is 1.44. The molecule has 2 aliphatic heterocycles. The summed E-state index contributed by atoms with van der Waals surface area (Å²) < 4.78 is 4.97. The van der Waals surface area contributed by atoms with Crippen LogP contribution in [0, 0.1) is 5.41 Å². The fraction of sp³-hybridized carbons (Fsp3) is 0.652. The van der Waals surface area contributed by atoms with E-state index < -0.39 is 18.1 Å². The number of alkyl carbamates (subject to hydrolysis) is 1. The number of hydrogen-bond acceptors (Lipinski definition) is 6. The molecule has 0 aromatic carbocycles. The van der Waals surface area contributed by atoms with E-state index >= 15 is 0 Å². The van der Waals surface area contributed by atoms with Gasteiger partial charge < -0.3 is 25.0 Å². The molecule has 2 saturated heterocycles. The number of carbonyl (C=O) groups excluding carboxylic acids is 2. The Bertz CT molecular complexity index is 780. The molecule has 1 aromatic heterocycles. The van der Waals surface area contributed by atoms with Crippen molar-refractivity contribution >= 4 is 23.7 Å². The molecule has 0 saturated carbocycles. The van der Waals surface area contributed by atoms with Crippen molar-refractivity contribution in [1.82, 2.24) is 15.2 Å². The van der Waals surface area contributed by atoms with Gasteiger partial charge in [0.2, 0.25) is 5.91 Å². The largest absolute Gasteiger partial charge is 0.480 e. The molecule has 176 valence electrons. The molecule has 2 amide bonds. The van der Waals surface area contributed by atoms with Gasteiger partial charge in [-0.05, 0) is 49.7 Å². The fourth-order valence-corrected chi connectivity index (χ4v) is 4.53. The number of amides is 2. The van der Waals surface area contributed by atoms with Crippen LogP contribution >= 0.6 is 0 Å². The highest BCUT2D eigenvalue weighted by Crippen LogP contribution is 2.41. The molecule has 2 fully saturated rings. The minimum Gasteiger partial charge on any atom is -0.480 e. The van der Waals surface area contributed by atoms with E-state index in [1.165, 1.54) is 5.69 Å². The summed E-state index contributed by atoms with van der Waals surface area (Å²) in [6.07, 6.45) is 7.64. The molecule has 9 heteroatoms. The number of likely N-dealkylation sites (tertiary alicyclic amines) is 1. The topological polar surface area (TPSA) is 112 Å². The molecule has 3 rings (SSSR count). The first-order valence-electron chi connectivity index (χ1n) is 11.5. The summed E-state index contributed by atoms with van der Waals surface area (Å²) in [6, 6.07) is 2.91. The van der Waals surface area contributed by atoms with Gasteiger partial charge in [0.25, 0.3) is 0 Å². The van der Waals surface area contributed by atoms with Crippen molar-refractivity contribution in [3.05, 3.63) is 24.5 Å². The molecule has 0 unspecified atom stereocenters. The molecular formula is C23H34N4O5. The van der Waals surface area contributed by atoms with Crippen LogP contribution in [0.15, 0.2) is 24.5 Å². The van der Waals surface area contributed by atoms with Crippen molar-refractivity contribution in [2.24, 2.45) is 5.41 Å². The van der Waals surface area contributed by atoms with Gasteiger partial charge in [-0.1, -0.05) is 13.3 Å². The van der Waals surface area contributed by atoms with E-state index in [2.05, 4.69) is 15.2 Å². The highest BCUT2D eigenvalue weighted by molar-refractivity contribution is 5.82. The molecule has 2 aliphatic rings. The molecule has 1 atom stereocenters. The number of unbranched alkanes of at least 4 members (excludes halogenated alkanes) is 1. The number of carbonyl (C=O) groups is 3. The lowest BCUT2D eigenvalue weighted by Crippen LogP contribution is -2.43. The number of carboxylic acid groups (broad SMARTS) is 1. The monoisotopic (exact) mass is 446 g/mol. The van der Waals surface area contributed by atoms with Crippen LogP contribution in [0.25, 0.3) is 0 Å². The maximum Gasteiger partial charge on any atom is 0.407 e. The quantitative estimate of drug-likeness (QED) is 0.561. The van der Waals surface area contributed by atoms with Crippen molar-refractivity contribution in [1.29, 1.82) is 0 Å². The Morgan fingerprint density at radius 3 is 2.53 bits per heavy atom. The van der Waals surface area contributed by atoms with E-state index in [-0.39, 0.29) is 30.8 Å². The second-order valence-corrected chi connectivity index (χ2v) is 8.82. The van der Waals surface area contributed by atoms with Crippen molar-refractivity contribution in [3.8, 4) is 0 Å². The maximum absolute atomic E-state index is 12.8. The standard InChI is InChI=1S/C23H34N4O5/c1-2-3-16-32-22(31)25-19(21(29)30)4-5-20(28)27-15-10-23(17-27)8-13-26(14-9-23)18-6-11-24-12-7-18/h6-7,11-12,19H,2-5,8-10,13-17H2,1H3,(H,25,31)(H,29,30)/t19-/m0/s1. The number of hydrogen-bond donors (Lipinski definition) is 2. The van der Waals surface area contributed by atoms with Crippen LogP contribution in [0.4, 0.5) is 10.5 Å². The lowest BCUT2D eigenvalue weighted by Gasteiger charge is -2.40. The molecule has 2 N–H and O–H groups in total. The van der Waals surface area contributed by atoms with Crippen LogP contribution in [0.3, 0.4) is 0 Å². The van der Waals surface area contributed by atoms with Gasteiger partial charge in [-0.2, -0.15) is 0 Å². The molecule has 0 aliphatic carbocycles. The minimum absolute atomic E-state index is 0.0501. The Kier molecular flexibility index (Phi) is 8.30. The van der Waals surface area contributed by atoms with E-state index in [1.54, 1.807) is 12.4 Å². The Labute approximate surface area is 189 Å². The Morgan fingerprint density at radius 2 is 1.88 bits per heavy atom. The van der Waals surface area contributed by atoms with Crippen LogP contribution in [-0.4, -0.2) is 71.8 Å². The first-order chi connectivity index (χ1) is 15.4. The number of ether oxygens (including phenoxy) is 1. The fourth-order valence-electron chi connectivity index (χ4n) is 4.53. The predicted molar refractivity (Wildman–Crippen MR) is 119 cm³/mol. The van der Waals surface area contributed by atoms with Crippen LogP contribution < -0.4 is 10.2 Å². The first-order valence-corrected chi connectivity index (χ1v) is 11.5. The number of carboxylic acids is 1. The smallest absolute Gasteiger partial charge is 0.407 e. The molecule has 0 bridgehead atoms. The predicted octanol–water partition coefficient (Wildman–Crippen LogP) is 2.66. The van der Waals surface area contributed by atoms with E-state index in [1.807, 2.05) is 24.0 Å². The van der Waals surface area contributed by atoms with Gasteiger partial charge in [0, 0.05) is 50.7 Å². The number of aliphatic carboxylic acids is 1. The van der Waals surface area contributed by atoms with Gasteiger partial charge in [-0.25, -0.2) is 9.59 Å². The molecule has 0 radical (unpaired) electrons. The van der Waals surface area contributed by atoms with Crippen molar-refractivity contribution < 1.29 is 24.2 Å². The highest BCUT2D eigenvalue weighted by Gasteiger charge is 2.42. The third-order valence-electron chi connectivity index (χ3n) is 6.61. The van der Waals surface area contributed by atoms with Crippen molar-refractivity contribution in [3.63, 3.8) is 0 Å². The average molecular weight is 447 g/mol.